The Kier molecular flexibility index (Phi) is 7.41. The van der Waals surface area contributed by atoms with Gasteiger partial charge in [-0.3, -0.25) is 4.79 Å². The van der Waals surface area contributed by atoms with Crippen LogP contribution < -0.4 is 15.4 Å². The van der Waals surface area contributed by atoms with Gasteiger partial charge in [0.2, 0.25) is 5.91 Å². The number of hydrogen-bond donors (Lipinski definition) is 1. The first kappa shape index (κ1) is 28.1. The minimum atomic E-state index is -4.84. The van der Waals surface area contributed by atoms with E-state index in [1.807, 2.05) is 11.8 Å². The first-order chi connectivity index (χ1) is 18.9. The van der Waals surface area contributed by atoms with Gasteiger partial charge in [0.1, 0.15) is 23.8 Å². The van der Waals surface area contributed by atoms with Crippen LogP contribution in [-0.2, 0) is 11.0 Å². The van der Waals surface area contributed by atoms with Crippen LogP contribution >= 0.6 is 11.6 Å². The molecule has 0 saturated carbocycles. The van der Waals surface area contributed by atoms with E-state index >= 15 is 4.39 Å². The number of rotatable bonds is 5. The van der Waals surface area contributed by atoms with Crippen molar-refractivity contribution in [3.8, 4) is 17.3 Å². The van der Waals surface area contributed by atoms with Gasteiger partial charge in [0.15, 0.2) is 5.82 Å². The molecule has 1 amide bonds. The fourth-order valence-electron chi connectivity index (χ4n) is 5.54. The molecule has 0 aliphatic carbocycles. The number of carbonyl (C=O) groups excluding carboxylic acids is 1. The van der Waals surface area contributed by atoms with Gasteiger partial charge in [0, 0.05) is 31.4 Å². The number of fused-ring (bicyclic) bond motifs is 1. The number of nitrogens with two attached hydrogens (primary N) is 1. The summed E-state index contributed by atoms with van der Waals surface area (Å²) in [6, 6.07) is 2.17. The molecule has 0 radical (unpaired) electrons. The molecule has 2 N–H and O–H groups in total. The molecular weight excluding hydrogens is 552 g/mol. The van der Waals surface area contributed by atoms with E-state index in [9.17, 15) is 18.0 Å². The Balaban J connectivity index is 1.70. The summed E-state index contributed by atoms with van der Waals surface area (Å²) < 4.78 is 64.5. The highest BCUT2D eigenvalue weighted by molar-refractivity contribution is 6.34. The van der Waals surface area contributed by atoms with Gasteiger partial charge in [-0.05, 0) is 57.2 Å². The van der Waals surface area contributed by atoms with Crippen molar-refractivity contribution in [2.75, 3.05) is 30.8 Å². The minimum absolute atomic E-state index is 0.00779. The number of carbonyl (C=O) groups is 1. The average molecular weight is 581 g/mol. The van der Waals surface area contributed by atoms with E-state index in [1.165, 1.54) is 13.0 Å². The maximum absolute atomic E-state index is 16.4. The summed E-state index contributed by atoms with van der Waals surface area (Å²) in [5.41, 5.74) is 2.92. The number of ether oxygens (including phenoxy) is 1. The van der Waals surface area contributed by atoms with Crippen LogP contribution in [0, 0.1) is 12.7 Å². The fourth-order valence-corrected chi connectivity index (χ4v) is 5.82. The number of benzene rings is 1. The van der Waals surface area contributed by atoms with Crippen molar-refractivity contribution in [1.29, 1.82) is 0 Å². The third-order valence-corrected chi connectivity index (χ3v) is 8.01. The Bertz CT molecular complexity index is 1480. The molecule has 13 heteroatoms. The number of pyridine rings is 1. The van der Waals surface area contributed by atoms with Crippen molar-refractivity contribution in [1.82, 2.24) is 19.9 Å². The quantitative estimate of drug-likeness (QED) is 0.383. The second-order valence-corrected chi connectivity index (χ2v) is 10.8. The molecule has 8 nitrogen and oxygen atoms in total. The minimum Gasteiger partial charge on any atom is -0.461 e. The number of likely N-dealkylation sites (tertiary alicyclic amines) is 1. The van der Waals surface area contributed by atoms with Crippen LogP contribution in [0.5, 0.6) is 6.01 Å². The van der Waals surface area contributed by atoms with Gasteiger partial charge >= 0.3 is 12.2 Å². The van der Waals surface area contributed by atoms with E-state index in [0.29, 0.717) is 25.2 Å². The third kappa shape index (κ3) is 5.09. The summed E-state index contributed by atoms with van der Waals surface area (Å²) in [5, 5.41) is -0.0306. The van der Waals surface area contributed by atoms with Gasteiger partial charge in [-0.1, -0.05) is 11.6 Å². The third-order valence-electron chi connectivity index (χ3n) is 7.71. The molecule has 214 valence electrons. The van der Waals surface area contributed by atoms with E-state index in [-0.39, 0.29) is 57.9 Å². The molecule has 0 bridgehead atoms. The van der Waals surface area contributed by atoms with Gasteiger partial charge < -0.3 is 20.3 Å². The van der Waals surface area contributed by atoms with E-state index < -0.39 is 28.8 Å². The van der Waals surface area contributed by atoms with Gasteiger partial charge in [-0.15, -0.1) is 0 Å². The zero-order valence-electron chi connectivity index (χ0n) is 22.3. The van der Waals surface area contributed by atoms with Crippen molar-refractivity contribution in [3.63, 3.8) is 0 Å². The predicted molar refractivity (Wildman–Crippen MR) is 144 cm³/mol. The zero-order valence-corrected chi connectivity index (χ0v) is 23.0. The molecular formula is C27H29ClF4N6O2. The number of alkyl halides is 3. The SMILES string of the molecule is Cc1cc(N)nc(-c2c(Cl)cc3c(N4CCCC[C@@H]4C)nc(OC[C@@H]4CCC(=O)N4C)nc3c2F)c1C(F)(F)F. The van der Waals surface area contributed by atoms with Crippen molar-refractivity contribution < 1.29 is 27.1 Å². The summed E-state index contributed by atoms with van der Waals surface area (Å²) in [7, 11) is 1.68. The number of nitrogens with zero attached hydrogens (tertiary/aromatic N) is 5. The number of likely N-dealkylation sites (N-methyl/N-ethyl adjacent to an activating group) is 1. The number of aromatic nitrogens is 3. The smallest absolute Gasteiger partial charge is 0.418 e. The summed E-state index contributed by atoms with van der Waals surface area (Å²) in [5.74, 6) is -0.924. The van der Waals surface area contributed by atoms with Crippen LogP contribution in [0.25, 0.3) is 22.2 Å². The standard InChI is InChI=1S/C27H29ClF4N6O2/c1-13-10-18(33)34-24(21(13)27(30,31)32)20-17(28)11-16-23(22(20)29)35-26(40-12-15-7-8-19(39)37(15)3)36-25(16)38-9-5-4-6-14(38)2/h10-11,14-15H,4-9,12H2,1-3H3,(H2,33,34)/t14-,15-/m0/s1. The highest BCUT2D eigenvalue weighted by atomic mass is 35.5. The zero-order chi connectivity index (χ0) is 28.9. The molecule has 0 spiro atoms. The molecule has 2 aliphatic rings. The lowest BCUT2D eigenvalue weighted by molar-refractivity contribution is -0.137. The highest BCUT2D eigenvalue weighted by Crippen LogP contribution is 2.45. The molecule has 2 aromatic heterocycles. The monoisotopic (exact) mass is 580 g/mol. The lowest BCUT2D eigenvalue weighted by Crippen LogP contribution is -2.38. The number of hydrogen-bond acceptors (Lipinski definition) is 7. The van der Waals surface area contributed by atoms with Crippen LogP contribution in [0.15, 0.2) is 12.1 Å². The maximum atomic E-state index is 16.4. The average Bonchev–Trinajstić information content (AvgIpc) is 3.19. The fraction of sp³-hybridized carbons (Fsp3) is 0.481. The maximum Gasteiger partial charge on any atom is 0.418 e. The largest absolute Gasteiger partial charge is 0.461 e. The number of aryl methyl sites for hydroxylation is 1. The Morgan fingerprint density at radius 1 is 1.18 bits per heavy atom. The Morgan fingerprint density at radius 3 is 2.58 bits per heavy atom. The van der Waals surface area contributed by atoms with E-state index in [0.717, 1.165) is 25.3 Å². The topological polar surface area (TPSA) is 97.5 Å². The molecule has 2 saturated heterocycles. The summed E-state index contributed by atoms with van der Waals surface area (Å²) >= 11 is 6.50. The first-order valence-electron chi connectivity index (χ1n) is 13.1. The summed E-state index contributed by atoms with van der Waals surface area (Å²) in [6.07, 6.45) is -1.07. The van der Waals surface area contributed by atoms with E-state index in [1.54, 1.807) is 11.9 Å². The van der Waals surface area contributed by atoms with Crippen LogP contribution in [0.3, 0.4) is 0 Å². The lowest BCUT2D eigenvalue weighted by Gasteiger charge is -2.35. The van der Waals surface area contributed by atoms with Crippen LogP contribution in [0.1, 0.15) is 50.2 Å². The van der Waals surface area contributed by atoms with Gasteiger partial charge in [0.25, 0.3) is 0 Å². The molecule has 2 aliphatic heterocycles. The molecule has 1 aromatic carbocycles. The predicted octanol–water partition coefficient (Wildman–Crippen LogP) is 5.77. The van der Waals surface area contributed by atoms with Crippen LogP contribution in [0.4, 0.5) is 29.2 Å². The number of nitrogen functional groups attached to an aromatic ring is 1. The number of amides is 1. The first-order valence-corrected chi connectivity index (χ1v) is 13.4. The van der Waals surface area contributed by atoms with E-state index in [4.69, 9.17) is 22.1 Å². The Hall–Kier alpha value is -3.41. The van der Waals surface area contributed by atoms with Crippen molar-refractivity contribution in [2.45, 2.75) is 64.2 Å². The molecule has 4 heterocycles. The van der Waals surface area contributed by atoms with Gasteiger partial charge in [-0.2, -0.15) is 23.1 Å². The second-order valence-electron chi connectivity index (χ2n) is 10.4. The highest BCUT2D eigenvalue weighted by Gasteiger charge is 2.39. The molecule has 40 heavy (non-hydrogen) atoms. The van der Waals surface area contributed by atoms with E-state index in [2.05, 4.69) is 15.0 Å². The van der Waals surface area contributed by atoms with Crippen molar-refractivity contribution in [3.05, 3.63) is 34.1 Å². The Labute approximate surface area is 233 Å². The van der Waals surface area contributed by atoms with Crippen LogP contribution in [0.2, 0.25) is 5.02 Å². The molecule has 2 fully saturated rings. The van der Waals surface area contributed by atoms with Crippen molar-refractivity contribution >= 4 is 40.0 Å². The van der Waals surface area contributed by atoms with Gasteiger partial charge in [-0.25, -0.2) is 9.37 Å². The number of halogens is 5. The summed E-state index contributed by atoms with van der Waals surface area (Å²) in [6.45, 7) is 3.97. The molecule has 0 unspecified atom stereocenters. The van der Waals surface area contributed by atoms with Gasteiger partial charge in [0.05, 0.1) is 27.9 Å². The summed E-state index contributed by atoms with van der Waals surface area (Å²) in [4.78, 5) is 28.3. The van der Waals surface area contributed by atoms with Crippen molar-refractivity contribution in [2.24, 2.45) is 0 Å². The normalized spacial score (nSPS) is 20.1. The second kappa shape index (κ2) is 10.5. The Morgan fingerprint density at radius 2 is 1.93 bits per heavy atom. The molecule has 5 rings (SSSR count). The number of anilines is 2. The lowest BCUT2D eigenvalue weighted by atomic mass is 9.98. The molecule has 3 aromatic rings. The number of piperidine rings is 1. The molecule has 2 atom stereocenters. The van der Waals surface area contributed by atoms with Crippen LogP contribution in [-0.4, -0.2) is 58.0 Å².